The molecule has 10 nitrogen and oxygen atoms in total. The van der Waals surface area contributed by atoms with E-state index in [4.69, 9.17) is 9.47 Å². The van der Waals surface area contributed by atoms with Gasteiger partial charge in [0.05, 0.1) is 24.6 Å². The van der Waals surface area contributed by atoms with Crippen molar-refractivity contribution in [3.05, 3.63) is 65.7 Å². The van der Waals surface area contributed by atoms with Gasteiger partial charge in [0.15, 0.2) is 6.61 Å². The van der Waals surface area contributed by atoms with Gasteiger partial charge in [-0.25, -0.2) is 4.79 Å². The molecular formula is C25H27N3O7. The number of esters is 2. The van der Waals surface area contributed by atoms with Crippen molar-refractivity contribution >= 4 is 35.3 Å². The summed E-state index contributed by atoms with van der Waals surface area (Å²) in [6.45, 7) is 3.59. The number of carbonyl (C=O) groups excluding carboxylic acids is 5. The summed E-state index contributed by atoms with van der Waals surface area (Å²) in [7, 11) is 0. The van der Waals surface area contributed by atoms with Gasteiger partial charge in [0.25, 0.3) is 11.8 Å². The largest absolute Gasteiger partial charge is 0.462 e. The Balaban J connectivity index is 1.43. The summed E-state index contributed by atoms with van der Waals surface area (Å²) in [6, 6.07) is 14.5. The van der Waals surface area contributed by atoms with E-state index in [0.29, 0.717) is 23.4 Å². The minimum absolute atomic E-state index is 0.0494. The summed E-state index contributed by atoms with van der Waals surface area (Å²) in [5.74, 6) is -3.22. The SMILES string of the molecule is CC(C)COC(=O)c1ccc(NC(=O)COC(=O)[C@H]2CC(=O)N(NC(=O)c3ccccc3)C2)cc1. The second-order valence-electron chi connectivity index (χ2n) is 8.44. The van der Waals surface area contributed by atoms with Gasteiger partial charge in [-0.15, -0.1) is 0 Å². The molecule has 10 heteroatoms. The third-order valence-electron chi connectivity index (χ3n) is 5.03. The number of nitrogens with one attached hydrogen (secondary N) is 2. The molecule has 184 valence electrons. The van der Waals surface area contributed by atoms with Crippen molar-refractivity contribution in [3.8, 4) is 0 Å². The highest BCUT2D eigenvalue weighted by atomic mass is 16.5. The zero-order valence-electron chi connectivity index (χ0n) is 19.5. The Hall–Kier alpha value is -4.21. The molecule has 0 saturated carbocycles. The first kappa shape index (κ1) is 25.4. The Kier molecular flexibility index (Phi) is 8.55. The van der Waals surface area contributed by atoms with E-state index in [2.05, 4.69) is 10.7 Å². The smallest absolute Gasteiger partial charge is 0.338 e. The molecule has 2 aromatic carbocycles. The van der Waals surface area contributed by atoms with Gasteiger partial charge in [-0.2, -0.15) is 0 Å². The number of amides is 3. The van der Waals surface area contributed by atoms with Crippen LogP contribution in [0.3, 0.4) is 0 Å². The van der Waals surface area contributed by atoms with E-state index in [9.17, 15) is 24.0 Å². The summed E-state index contributed by atoms with van der Waals surface area (Å²) in [5, 5.41) is 3.64. The van der Waals surface area contributed by atoms with Crippen LogP contribution in [0.4, 0.5) is 5.69 Å². The van der Waals surface area contributed by atoms with Gasteiger partial charge < -0.3 is 14.8 Å². The van der Waals surface area contributed by atoms with Crippen molar-refractivity contribution in [1.82, 2.24) is 10.4 Å². The lowest BCUT2D eigenvalue weighted by Gasteiger charge is -2.17. The molecule has 0 aliphatic carbocycles. The van der Waals surface area contributed by atoms with E-state index in [0.717, 1.165) is 5.01 Å². The average molecular weight is 482 g/mol. The van der Waals surface area contributed by atoms with Crippen LogP contribution in [-0.2, 0) is 23.9 Å². The number of anilines is 1. The number of hydrogen-bond donors (Lipinski definition) is 2. The average Bonchev–Trinajstić information content (AvgIpc) is 3.22. The van der Waals surface area contributed by atoms with Gasteiger partial charge in [0.1, 0.15) is 0 Å². The van der Waals surface area contributed by atoms with Crippen molar-refractivity contribution in [2.45, 2.75) is 20.3 Å². The normalized spacial score (nSPS) is 15.0. The van der Waals surface area contributed by atoms with Gasteiger partial charge in [-0.05, 0) is 42.3 Å². The molecule has 0 radical (unpaired) electrons. The maximum Gasteiger partial charge on any atom is 0.338 e. The summed E-state index contributed by atoms with van der Waals surface area (Å²) in [4.78, 5) is 60.8. The van der Waals surface area contributed by atoms with Gasteiger partial charge in [-0.3, -0.25) is 29.6 Å². The van der Waals surface area contributed by atoms with E-state index in [1.807, 2.05) is 13.8 Å². The van der Waals surface area contributed by atoms with Crippen LogP contribution < -0.4 is 10.7 Å². The van der Waals surface area contributed by atoms with Gasteiger partial charge >= 0.3 is 11.9 Å². The van der Waals surface area contributed by atoms with Crippen molar-refractivity contribution in [2.75, 3.05) is 25.1 Å². The summed E-state index contributed by atoms with van der Waals surface area (Å²) in [5.41, 5.74) is 3.62. The molecule has 2 N–H and O–H groups in total. The standard InChI is InChI=1S/C25H27N3O7/c1-16(2)14-34-24(32)18-8-10-20(11-9-18)26-21(29)15-35-25(33)19-12-22(30)28(13-19)27-23(31)17-6-4-3-5-7-17/h3-11,16,19H,12-15H2,1-2H3,(H,26,29)(H,27,31)/t19-/m0/s1. The second-order valence-corrected chi connectivity index (χ2v) is 8.44. The van der Waals surface area contributed by atoms with Crippen LogP contribution in [0.1, 0.15) is 41.0 Å². The fourth-order valence-corrected chi connectivity index (χ4v) is 3.22. The van der Waals surface area contributed by atoms with Gasteiger partial charge in [-0.1, -0.05) is 32.0 Å². The summed E-state index contributed by atoms with van der Waals surface area (Å²) in [6.07, 6.45) is -0.135. The number of hydrazine groups is 1. The fourth-order valence-electron chi connectivity index (χ4n) is 3.22. The lowest BCUT2D eigenvalue weighted by molar-refractivity contribution is -0.151. The van der Waals surface area contributed by atoms with Crippen LogP contribution in [0.25, 0.3) is 0 Å². The van der Waals surface area contributed by atoms with Crippen LogP contribution in [0.5, 0.6) is 0 Å². The Bertz CT molecular complexity index is 1080. The van der Waals surface area contributed by atoms with Crippen LogP contribution >= 0.6 is 0 Å². The van der Waals surface area contributed by atoms with Crippen LogP contribution in [0.15, 0.2) is 54.6 Å². The lowest BCUT2D eigenvalue weighted by Crippen LogP contribution is -2.43. The summed E-state index contributed by atoms with van der Waals surface area (Å²) < 4.78 is 10.2. The zero-order valence-corrected chi connectivity index (χ0v) is 19.5. The maximum absolute atomic E-state index is 12.3. The van der Waals surface area contributed by atoms with E-state index in [1.165, 1.54) is 24.3 Å². The molecular weight excluding hydrogens is 454 g/mol. The first-order valence-electron chi connectivity index (χ1n) is 11.1. The Morgan fingerprint density at radius 2 is 1.66 bits per heavy atom. The molecule has 0 aromatic heterocycles. The second kappa shape index (κ2) is 11.8. The third-order valence-corrected chi connectivity index (χ3v) is 5.03. The van der Waals surface area contributed by atoms with Crippen LogP contribution in [0, 0.1) is 11.8 Å². The highest BCUT2D eigenvalue weighted by Crippen LogP contribution is 2.18. The first-order chi connectivity index (χ1) is 16.7. The monoisotopic (exact) mass is 481 g/mol. The molecule has 1 aliphatic rings. The molecule has 3 amide bonds. The minimum Gasteiger partial charge on any atom is -0.462 e. The molecule has 1 atom stereocenters. The van der Waals surface area contributed by atoms with Crippen molar-refractivity contribution < 1.29 is 33.4 Å². The molecule has 1 heterocycles. The molecule has 0 spiro atoms. The Morgan fingerprint density at radius 3 is 2.31 bits per heavy atom. The quantitative estimate of drug-likeness (QED) is 0.525. The minimum atomic E-state index is -0.803. The predicted molar refractivity (Wildman–Crippen MR) is 125 cm³/mol. The molecule has 2 aromatic rings. The van der Waals surface area contributed by atoms with E-state index < -0.39 is 42.2 Å². The molecule has 0 unspecified atom stereocenters. The first-order valence-corrected chi connectivity index (χ1v) is 11.1. The third kappa shape index (κ3) is 7.39. The maximum atomic E-state index is 12.3. The number of carbonyl (C=O) groups is 5. The van der Waals surface area contributed by atoms with Crippen molar-refractivity contribution in [2.24, 2.45) is 11.8 Å². The van der Waals surface area contributed by atoms with Crippen LogP contribution in [0.2, 0.25) is 0 Å². The zero-order chi connectivity index (χ0) is 25.4. The highest BCUT2D eigenvalue weighted by Gasteiger charge is 2.36. The number of hydrogen-bond acceptors (Lipinski definition) is 7. The number of benzene rings is 2. The van der Waals surface area contributed by atoms with Crippen molar-refractivity contribution in [3.63, 3.8) is 0 Å². The van der Waals surface area contributed by atoms with E-state index in [1.54, 1.807) is 30.3 Å². The van der Waals surface area contributed by atoms with E-state index in [-0.39, 0.29) is 18.9 Å². The molecule has 35 heavy (non-hydrogen) atoms. The molecule has 1 aliphatic heterocycles. The van der Waals surface area contributed by atoms with Gasteiger partial charge in [0.2, 0.25) is 5.91 Å². The summed E-state index contributed by atoms with van der Waals surface area (Å²) >= 11 is 0. The van der Waals surface area contributed by atoms with Crippen LogP contribution in [-0.4, -0.2) is 54.4 Å². The number of nitrogens with zero attached hydrogens (tertiary/aromatic N) is 1. The number of ether oxygens (including phenoxy) is 2. The molecule has 1 saturated heterocycles. The highest BCUT2D eigenvalue weighted by molar-refractivity contribution is 5.97. The molecule has 0 bridgehead atoms. The van der Waals surface area contributed by atoms with Crippen molar-refractivity contribution in [1.29, 1.82) is 0 Å². The Morgan fingerprint density at radius 1 is 0.971 bits per heavy atom. The topological polar surface area (TPSA) is 131 Å². The molecule has 3 rings (SSSR count). The fraction of sp³-hybridized carbons (Fsp3) is 0.320. The lowest BCUT2D eigenvalue weighted by atomic mass is 10.1. The molecule has 1 fully saturated rings. The predicted octanol–water partition coefficient (Wildman–Crippen LogP) is 2.17. The van der Waals surface area contributed by atoms with E-state index >= 15 is 0 Å². The Labute approximate surface area is 202 Å². The number of rotatable bonds is 9. The van der Waals surface area contributed by atoms with Gasteiger partial charge in [0, 0.05) is 17.7 Å².